The van der Waals surface area contributed by atoms with Crippen molar-refractivity contribution in [2.45, 2.75) is 12.4 Å². The van der Waals surface area contributed by atoms with Crippen LogP contribution in [0.3, 0.4) is 0 Å². The second kappa shape index (κ2) is 24.0. The molecule has 0 radical (unpaired) electrons. The van der Waals surface area contributed by atoms with Crippen molar-refractivity contribution in [3.8, 4) is 5.75 Å². The number of rotatable bonds is 18. The summed E-state index contributed by atoms with van der Waals surface area (Å²) >= 11 is 21.6. The van der Waals surface area contributed by atoms with Crippen molar-refractivity contribution < 1.29 is 49.5 Å². The molecule has 0 unspecified atom stereocenters. The first kappa shape index (κ1) is 60.0. The van der Waals surface area contributed by atoms with Crippen molar-refractivity contribution in [3.05, 3.63) is 274 Å². The topological polar surface area (TPSA) is 61.8 Å². The number of hydrogen-bond donors (Lipinski definition) is 0. The van der Waals surface area contributed by atoms with E-state index in [4.69, 9.17) is 13.5 Å². The molecular formula is C60H41BBr6F6O5P2. The summed E-state index contributed by atoms with van der Waals surface area (Å²) in [4.78, 5) is 31.6. The maximum absolute atomic E-state index is 15.8. The van der Waals surface area contributed by atoms with Gasteiger partial charge in [-0.25, -0.2) is 0 Å². The molecule has 0 aromatic heterocycles. The van der Waals surface area contributed by atoms with Gasteiger partial charge in [0.25, 0.3) is 0 Å². The summed E-state index contributed by atoms with van der Waals surface area (Å²) in [7, 11) is -2.45. The zero-order valence-corrected chi connectivity index (χ0v) is 52.6. The van der Waals surface area contributed by atoms with Crippen molar-refractivity contribution in [1.82, 2.24) is 0 Å². The molecule has 9 rings (SSSR count). The molecule has 0 atom stereocenters. The number of hydrogen-bond acceptors (Lipinski definition) is 5. The molecule has 0 heterocycles. The molecule has 5 nitrogen and oxygen atoms in total. The zero-order chi connectivity index (χ0) is 57.1. The normalized spacial score (nSPS) is 13.1. The first-order valence-corrected chi connectivity index (χ1v) is 33.6. The molecule has 0 N–H and O–H groups in total. The maximum atomic E-state index is 15.8. The zero-order valence-electron chi connectivity index (χ0n) is 41.3. The number of benzene rings is 9. The van der Waals surface area contributed by atoms with E-state index >= 15 is 35.9 Å². The van der Waals surface area contributed by atoms with Crippen molar-refractivity contribution in [3.63, 3.8) is 0 Å². The van der Waals surface area contributed by atoms with Gasteiger partial charge in [-0.15, -0.1) is 0 Å². The monoisotopic (exact) mass is 1500 g/mol. The molecule has 80 heavy (non-hydrogen) atoms. The van der Waals surface area contributed by atoms with Crippen LogP contribution in [0.15, 0.2) is 251 Å². The molecular weight excluding hydrogens is 1470 g/mol. The number of Topliss-reactive ketones (excluding diaryl/α,β-unsaturated/α-hetero) is 2. The summed E-state index contributed by atoms with van der Waals surface area (Å²) in [5, 5.41) is 2.26. The number of carbonyl (C=O) groups is 2. The predicted molar refractivity (Wildman–Crippen MR) is 333 cm³/mol. The Bertz CT molecular complexity index is 3220. The predicted octanol–water partition coefficient (Wildman–Crippen LogP) is 17.4. The van der Waals surface area contributed by atoms with E-state index in [-0.39, 0.29) is 17.2 Å². The average molecular weight is 1510 g/mol. The van der Waals surface area contributed by atoms with Crippen molar-refractivity contribution >= 4 is 160 Å². The van der Waals surface area contributed by atoms with Crippen LogP contribution in [0.5, 0.6) is 5.75 Å². The first-order chi connectivity index (χ1) is 38.0. The van der Waals surface area contributed by atoms with Crippen LogP contribution in [0.25, 0.3) is 0 Å². The van der Waals surface area contributed by atoms with Gasteiger partial charge in [0.05, 0.1) is 0 Å². The van der Waals surface area contributed by atoms with Crippen LogP contribution in [0.2, 0.25) is 0 Å². The fourth-order valence-electron chi connectivity index (χ4n) is 9.95. The average Bonchev–Trinajstić information content (AvgIpc) is 3.51. The fraction of sp³-hybridized carbons (Fsp3) is 0.0667. The second-order valence-electron chi connectivity index (χ2n) is 18.5. The number of halogens is 12. The van der Waals surface area contributed by atoms with Crippen LogP contribution in [-0.2, 0) is 21.2 Å². The molecule has 0 saturated heterocycles. The Kier molecular flexibility index (Phi) is 18.0. The molecule has 20 heteroatoms. The minimum absolute atomic E-state index is 0.00235. The molecule has 0 amide bonds. The van der Waals surface area contributed by atoms with Gasteiger partial charge in [-0.2, -0.15) is 0 Å². The first-order valence-electron chi connectivity index (χ1n) is 24.1. The molecule has 0 aliphatic rings. The van der Waals surface area contributed by atoms with Crippen molar-refractivity contribution in [1.29, 1.82) is 0 Å². The van der Waals surface area contributed by atoms with Crippen LogP contribution in [0.4, 0.5) is 26.3 Å². The number of alkyl halides is 6. The van der Waals surface area contributed by atoms with Gasteiger partial charge in [0.2, 0.25) is 0 Å². The van der Waals surface area contributed by atoms with E-state index in [0.717, 1.165) is 0 Å². The fourth-order valence-corrected chi connectivity index (χ4v) is 22.4. The summed E-state index contributed by atoms with van der Waals surface area (Å²) in [6.45, 7) is -10.9. The van der Waals surface area contributed by atoms with E-state index in [0.29, 0.717) is 70.8 Å². The Morgan fingerprint density at radius 2 is 0.600 bits per heavy atom. The van der Waals surface area contributed by atoms with Gasteiger partial charge in [0.15, 0.2) is 0 Å². The standard InChI is InChI=1S/C60H41BBr6F6O5P2/c62-44-11-23-51(24-12-44)79(52-25-13-45(63)14-26-52,53-27-15-46(64)16-28-53,38-57(74)40-7-3-1-4-8-40)77-61(76-50-36-42(59(68,69)70)35-43(37-50)60(71,72)73)78-80(54-29-17-47(65)18-30-54,55-31-19-48(66)20-32-55,56-33-21-49(67)22-34-56)39-58(75)41-9-5-2-6-10-41/h1-37H,38-39H2. The Hall–Kier alpha value is -4.58. The van der Waals surface area contributed by atoms with E-state index in [1.54, 1.807) is 206 Å². The third-order valence-corrected chi connectivity index (χ3v) is 28.3. The van der Waals surface area contributed by atoms with Gasteiger partial charge in [0.1, 0.15) is 0 Å². The summed E-state index contributed by atoms with van der Waals surface area (Å²) in [6, 6.07) is 59.7. The van der Waals surface area contributed by atoms with E-state index in [1.165, 1.54) is 0 Å². The Labute approximate surface area is 508 Å². The van der Waals surface area contributed by atoms with E-state index in [9.17, 15) is 0 Å². The summed E-state index contributed by atoms with van der Waals surface area (Å²) in [5.74, 6) is -1.88. The molecule has 9 aromatic rings. The van der Waals surface area contributed by atoms with E-state index in [1.807, 2.05) is 0 Å². The molecule has 0 fully saturated rings. The summed E-state index contributed by atoms with van der Waals surface area (Å²) in [5.41, 5.74) is -2.85. The third-order valence-electron chi connectivity index (χ3n) is 13.7. The van der Waals surface area contributed by atoms with Crippen molar-refractivity contribution in [2.24, 2.45) is 0 Å². The van der Waals surface area contributed by atoms with Crippen molar-refractivity contribution in [2.75, 3.05) is 12.3 Å². The quantitative estimate of drug-likeness (QED) is 0.0371. The van der Waals surface area contributed by atoms with Crippen LogP contribution in [0.1, 0.15) is 31.8 Å². The molecule has 0 aliphatic heterocycles. The number of ketones is 2. The molecule has 9 aromatic carbocycles. The van der Waals surface area contributed by atoms with Crippen LogP contribution in [-0.4, -0.2) is 31.2 Å². The Morgan fingerprint density at radius 3 is 0.825 bits per heavy atom. The summed E-state index contributed by atoms with van der Waals surface area (Å²) in [6.07, 6.45) is -11.7. The van der Waals surface area contributed by atoms with E-state index in [2.05, 4.69) is 95.6 Å². The van der Waals surface area contributed by atoms with Crippen LogP contribution < -0.4 is 36.5 Å². The van der Waals surface area contributed by atoms with Gasteiger partial charge in [-0.1, -0.05) is 0 Å². The molecule has 0 aliphatic carbocycles. The summed E-state index contributed by atoms with van der Waals surface area (Å²) < 4.78 is 117. The van der Waals surface area contributed by atoms with Gasteiger partial charge in [-0.3, -0.25) is 0 Å². The van der Waals surface area contributed by atoms with Gasteiger partial charge < -0.3 is 0 Å². The Balaban J connectivity index is 1.51. The number of carbonyl (C=O) groups excluding carboxylic acids is 2. The molecule has 0 saturated carbocycles. The third kappa shape index (κ3) is 12.0. The van der Waals surface area contributed by atoms with Crippen LogP contribution >= 0.6 is 109 Å². The SMILES string of the molecule is O=C(CP(OB(Oc1cc(C(F)(F)F)cc(C(F)(F)F)c1)OP(CC(=O)c1ccccc1)(c1ccc(Br)cc1)(c1ccc(Br)cc1)c1ccc(Br)cc1)(c1ccc(Br)cc1)(c1ccc(Br)cc1)c1ccc(Br)cc1)c1ccccc1. The molecule has 0 spiro atoms. The van der Waals surface area contributed by atoms with Gasteiger partial charge in [-0.05, 0) is 0 Å². The van der Waals surface area contributed by atoms with Gasteiger partial charge in [0, 0.05) is 0 Å². The van der Waals surface area contributed by atoms with E-state index < -0.39 is 74.1 Å². The molecule has 408 valence electrons. The van der Waals surface area contributed by atoms with Gasteiger partial charge >= 0.3 is 513 Å². The second-order valence-corrected chi connectivity index (χ2v) is 33.0. The Morgan fingerprint density at radius 1 is 0.362 bits per heavy atom. The molecule has 0 bridgehead atoms. The minimum atomic E-state index is -5.43. The van der Waals surface area contributed by atoms with Crippen LogP contribution in [0, 0.1) is 0 Å².